The highest BCUT2D eigenvalue weighted by Gasteiger charge is 2.11. The number of halogens is 2. The first-order chi connectivity index (χ1) is 12.0. The fourth-order valence-corrected chi connectivity index (χ4v) is 2.15. The fourth-order valence-electron chi connectivity index (χ4n) is 2.15. The van der Waals surface area contributed by atoms with Crippen LogP contribution in [-0.2, 0) is 11.2 Å². The molecule has 2 aromatic rings. The van der Waals surface area contributed by atoms with Crippen LogP contribution in [0.1, 0.15) is 17.9 Å². The van der Waals surface area contributed by atoms with Gasteiger partial charge in [-0.25, -0.2) is 9.78 Å². The molecule has 0 atom stereocenters. The lowest BCUT2D eigenvalue weighted by molar-refractivity contribution is -0.120. The summed E-state index contributed by atoms with van der Waals surface area (Å²) in [6, 6.07) is 6.73. The largest absolute Gasteiger partial charge is 0.354 e. The number of nitrogens with one attached hydrogen (secondary N) is 3. The van der Waals surface area contributed by atoms with Gasteiger partial charge in [0.15, 0.2) is 0 Å². The third-order valence-electron chi connectivity index (χ3n) is 3.32. The lowest BCUT2D eigenvalue weighted by atomic mass is 10.2. The number of alkyl halides is 2. The van der Waals surface area contributed by atoms with Gasteiger partial charge in [0.2, 0.25) is 5.91 Å². The number of carbonyl (C=O) groups excluding carboxylic acids is 2. The van der Waals surface area contributed by atoms with Crippen molar-refractivity contribution >= 4 is 17.6 Å². The summed E-state index contributed by atoms with van der Waals surface area (Å²) in [6.07, 6.45) is 2.62. The van der Waals surface area contributed by atoms with E-state index in [1.165, 1.54) is 12.4 Å². The minimum absolute atomic E-state index is 0.143. The molecule has 0 spiro atoms. The maximum absolute atomic E-state index is 12.6. The van der Waals surface area contributed by atoms with E-state index in [9.17, 15) is 18.4 Å². The Morgan fingerprint density at radius 1 is 1.28 bits per heavy atom. The van der Waals surface area contributed by atoms with Gasteiger partial charge in [-0.1, -0.05) is 12.1 Å². The first-order valence-electron chi connectivity index (χ1n) is 7.64. The molecule has 0 unspecified atom stereocenters. The van der Waals surface area contributed by atoms with E-state index in [0.29, 0.717) is 5.69 Å². The summed E-state index contributed by atoms with van der Waals surface area (Å²) >= 11 is 0. The number of imidazole rings is 1. The summed E-state index contributed by atoms with van der Waals surface area (Å²) in [5, 5.41) is 7.57. The van der Waals surface area contributed by atoms with Gasteiger partial charge in [0.1, 0.15) is 5.82 Å². The maximum Gasteiger partial charge on any atom is 0.319 e. The van der Waals surface area contributed by atoms with Crippen LogP contribution in [0.25, 0.3) is 0 Å². The Labute approximate surface area is 143 Å². The molecule has 1 aromatic heterocycles. The molecule has 0 bridgehead atoms. The number of rotatable bonds is 7. The average Bonchev–Trinajstić information content (AvgIpc) is 3.02. The monoisotopic (exact) mass is 351 g/mol. The number of benzene rings is 1. The zero-order valence-corrected chi connectivity index (χ0v) is 13.6. The molecule has 134 valence electrons. The van der Waals surface area contributed by atoms with Crippen molar-refractivity contribution in [3.8, 4) is 0 Å². The molecule has 0 radical (unpaired) electrons. The van der Waals surface area contributed by atoms with Gasteiger partial charge in [-0.15, -0.1) is 0 Å². The highest BCUT2D eigenvalue weighted by atomic mass is 19.3. The van der Waals surface area contributed by atoms with Crippen molar-refractivity contribution in [3.63, 3.8) is 0 Å². The topological polar surface area (TPSA) is 88.1 Å². The summed E-state index contributed by atoms with van der Waals surface area (Å²) in [7, 11) is 0. The molecule has 0 saturated carbocycles. The third-order valence-corrected chi connectivity index (χ3v) is 3.32. The predicted octanol–water partition coefficient (Wildman–Crippen LogP) is 2.07. The van der Waals surface area contributed by atoms with Crippen molar-refractivity contribution in [1.29, 1.82) is 0 Å². The van der Waals surface area contributed by atoms with E-state index in [4.69, 9.17) is 0 Å². The number of aromatic nitrogens is 2. The SMILES string of the molecule is Cc1cccc(NC(=O)NCC(=O)NCCc2nccn2C(F)F)c1. The van der Waals surface area contributed by atoms with Crippen molar-refractivity contribution in [2.45, 2.75) is 19.9 Å². The summed E-state index contributed by atoms with van der Waals surface area (Å²) in [6.45, 7) is -0.847. The van der Waals surface area contributed by atoms with Crippen LogP contribution in [0.4, 0.5) is 19.3 Å². The van der Waals surface area contributed by atoms with Crippen LogP contribution in [0.15, 0.2) is 36.7 Å². The number of nitrogens with zero attached hydrogens (tertiary/aromatic N) is 2. The Balaban J connectivity index is 1.68. The van der Waals surface area contributed by atoms with Crippen LogP contribution in [-0.4, -0.2) is 34.6 Å². The number of urea groups is 1. The molecule has 0 aliphatic carbocycles. The predicted molar refractivity (Wildman–Crippen MR) is 88.4 cm³/mol. The van der Waals surface area contributed by atoms with Crippen molar-refractivity contribution in [3.05, 3.63) is 48.0 Å². The quantitative estimate of drug-likeness (QED) is 0.713. The van der Waals surface area contributed by atoms with Crippen molar-refractivity contribution in [2.24, 2.45) is 0 Å². The second-order valence-electron chi connectivity index (χ2n) is 5.31. The first-order valence-corrected chi connectivity index (χ1v) is 7.64. The van der Waals surface area contributed by atoms with Crippen LogP contribution in [0.5, 0.6) is 0 Å². The van der Waals surface area contributed by atoms with E-state index in [0.717, 1.165) is 10.1 Å². The van der Waals surface area contributed by atoms with E-state index < -0.39 is 18.5 Å². The summed E-state index contributed by atoms with van der Waals surface area (Å²) in [5.74, 6) is -0.241. The number of amides is 3. The third kappa shape index (κ3) is 5.87. The number of hydrogen-bond donors (Lipinski definition) is 3. The maximum atomic E-state index is 12.6. The summed E-state index contributed by atoms with van der Waals surface area (Å²) < 4.78 is 26.0. The number of carbonyl (C=O) groups is 2. The molecule has 3 N–H and O–H groups in total. The van der Waals surface area contributed by atoms with E-state index in [2.05, 4.69) is 20.9 Å². The Morgan fingerprint density at radius 3 is 2.80 bits per heavy atom. The van der Waals surface area contributed by atoms with Crippen molar-refractivity contribution in [1.82, 2.24) is 20.2 Å². The van der Waals surface area contributed by atoms with Gasteiger partial charge >= 0.3 is 12.6 Å². The number of aryl methyl sites for hydroxylation is 1. The van der Waals surface area contributed by atoms with Gasteiger partial charge in [-0.2, -0.15) is 8.78 Å². The minimum atomic E-state index is -2.67. The molecule has 2 rings (SSSR count). The zero-order valence-electron chi connectivity index (χ0n) is 13.6. The normalized spacial score (nSPS) is 10.6. The Kier molecular flexibility index (Phi) is 6.44. The Bertz CT molecular complexity index is 733. The lowest BCUT2D eigenvalue weighted by Gasteiger charge is -2.09. The van der Waals surface area contributed by atoms with Crippen LogP contribution < -0.4 is 16.0 Å². The molecule has 1 heterocycles. The Morgan fingerprint density at radius 2 is 2.08 bits per heavy atom. The minimum Gasteiger partial charge on any atom is -0.354 e. The second kappa shape index (κ2) is 8.76. The van der Waals surface area contributed by atoms with Crippen LogP contribution in [0.2, 0.25) is 0 Å². The van der Waals surface area contributed by atoms with Gasteiger partial charge in [0.05, 0.1) is 6.54 Å². The van der Waals surface area contributed by atoms with Crippen LogP contribution in [0, 0.1) is 6.92 Å². The van der Waals surface area contributed by atoms with Gasteiger partial charge in [-0.05, 0) is 24.6 Å². The number of hydrogen-bond acceptors (Lipinski definition) is 3. The van der Waals surface area contributed by atoms with Crippen LogP contribution >= 0.6 is 0 Å². The van der Waals surface area contributed by atoms with E-state index in [-0.39, 0.29) is 25.3 Å². The summed E-state index contributed by atoms with van der Waals surface area (Å²) in [4.78, 5) is 27.2. The van der Waals surface area contributed by atoms with Crippen molar-refractivity contribution in [2.75, 3.05) is 18.4 Å². The van der Waals surface area contributed by atoms with Crippen LogP contribution in [0.3, 0.4) is 0 Å². The molecule has 9 heteroatoms. The van der Waals surface area contributed by atoms with Crippen molar-refractivity contribution < 1.29 is 18.4 Å². The molecule has 7 nitrogen and oxygen atoms in total. The lowest BCUT2D eigenvalue weighted by Crippen LogP contribution is -2.39. The van der Waals surface area contributed by atoms with E-state index in [1.54, 1.807) is 18.2 Å². The molecule has 25 heavy (non-hydrogen) atoms. The fraction of sp³-hybridized carbons (Fsp3) is 0.312. The highest BCUT2D eigenvalue weighted by molar-refractivity contribution is 5.92. The second-order valence-corrected chi connectivity index (χ2v) is 5.31. The molecule has 1 aromatic carbocycles. The molecule has 0 aliphatic rings. The van der Waals surface area contributed by atoms with Gasteiger partial charge in [0.25, 0.3) is 0 Å². The van der Waals surface area contributed by atoms with E-state index in [1.807, 2.05) is 13.0 Å². The molecular formula is C16H19F2N5O2. The molecule has 0 aliphatic heterocycles. The molecule has 0 saturated heterocycles. The van der Waals surface area contributed by atoms with Gasteiger partial charge < -0.3 is 16.0 Å². The molecular weight excluding hydrogens is 332 g/mol. The van der Waals surface area contributed by atoms with Gasteiger partial charge in [-0.3, -0.25) is 9.36 Å². The average molecular weight is 351 g/mol. The highest BCUT2D eigenvalue weighted by Crippen LogP contribution is 2.12. The Hall–Kier alpha value is -2.97. The smallest absolute Gasteiger partial charge is 0.319 e. The van der Waals surface area contributed by atoms with E-state index >= 15 is 0 Å². The molecule has 0 fully saturated rings. The zero-order chi connectivity index (χ0) is 18.2. The first kappa shape index (κ1) is 18.4. The molecule has 3 amide bonds. The van der Waals surface area contributed by atoms with Gasteiger partial charge in [0, 0.05) is 31.0 Å². The standard InChI is InChI=1S/C16H19F2N5O2/c1-11-3-2-4-12(9-11)22-16(25)21-10-14(24)20-6-5-13-19-7-8-23(13)15(17)18/h2-4,7-9,15H,5-6,10H2,1H3,(H,20,24)(H2,21,22,25). The summed E-state index contributed by atoms with van der Waals surface area (Å²) in [5.41, 5.74) is 1.62. The number of anilines is 1.